The number of hydrogen-bond donors (Lipinski definition) is 2. The summed E-state index contributed by atoms with van der Waals surface area (Å²) in [5.74, 6) is 19.3. The van der Waals surface area contributed by atoms with E-state index in [1.165, 1.54) is 5.56 Å². The van der Waals surface area contributed by atoms with Gasteiger partial charge in [-0.15, -0.1) is 0 Å². The fourth-order valence-electron chi connectivity index (χ4n) is 7.10. The van der Waals surface area contributed by atoms with Crippen LogP contribution >= 0.6 is 0 Å². The first kappa shape index (κ1) is 44.9. The van der Waals surface area contributed by atoms with Crippen LogP contribution in [-0.2, 0) is 19.6 Å². The first-order valence-corrected chi connectivity index (χ1v) is 21.7. The zero-order valence-electron chi connectivity index (χ0n) is 36.6. The number of aromatic nitrogens is 3. The van der Waals surface area contributed by atoms with E-state index in [0.717, 1.165) is 96.2 Å². The Morgan fingerprint density at radius 2 is 0.969 bits per heavy atom. The molecule has 0 unspecified atom stereocenters. The number of aromatic carboxylic acids is 1. The normalized spacial score (nSPS) is 13.4. The minimum atomic E-state index is -1.08. The molecule has 1 fully saturated rings. The lowest BCUT2D eigenvalue weighted by atomic mass is 10.1. The number of carboxylic acid groups (broad SMARTS) is 1. The van der Waals surface area contributed by atoms with Crippen molar-refractivity contribution in [3.8, 4) is 41.3 Å². The summed E-state index contributed by atoms with van der Waals surface area (Å²) in [4.78, 5) is 33.5. The van der Waals surface area contributed by atoms with Gasteiger partial charge in [0, 0.05) is 105 Å². The number of benzene rings is 3. The molecule has 0 amide bonds. The lowest BCUT2D eigenvalue weighted by Crippen LogP contribution is -2.36. The standard InChI is InChI=1S/C54H53N7O3/c1-41-4-8-43(9-5-41)12-15-46-22-25-56-49(34-46)38-59-27-28-60(39-50-35-47(23-26-57-50)16-13-45-18-20-52(21-19-45)64-33-3-24-55)30-32-61(31-29-59)40-51-36-48(37-53(58-51)54(62)63)17-14-44-10-6-42(2)7-11-44/h4-11,18-23,25-26,34-37H,3,24,27-33,38-40,55H2,1-2H3,(H,62,63). The maximum atomic E-state index is 12.3. The number of nitrogens with two attached hydrogens (primary N) is 1. The van der Waals surface area contributed by atoms with E-state index in [9.17, 15) is 9.90 Å². The highest BCUT2D eigenvalue weighted by Gasteiger charge is 2.20. The van der Waals surface area contributed by atoms with Gasteiger partial charge in [-0.25, -0.2) is 9.78 Å². The van der Waals surface area contributed by atoms with Crippen molar-refractivity contribution in [2.45, 2.75) is 39.9 Å². The lowest BCUT2D eigenvalue weighted by molar-refractivity contribution is 0.0689. The fourth-order valence-corrected chi connectivity index (χ4v) is 7.10. The average molecular weight is 848 g/mol. The van der Waals surface area contributed by atoms with Crippen LogP contribution in [0.2, 0.25) is 0 Å². The summed E-state index contributed by atoms with van der Waals surface area (Å²) in [6, 6.07) is 35.5. The number of pyridine rings is 3. The van der Waals surface area contributed by atoms with E-state index in [2.05, 4.69) is 86.4 Å². The van der Waals surface area contributed by atoms with Crippen LogP contribution < -0.4 is 10.5 Å². The maximum absolute atomic E-state index is 12.3. The third kappa shape index (κ3) is 14.2. The molecule has 4 heterocycles. The van der Waals surface area contributed by atoms with Gasteiger partial charge in [0.2, 0.25) is 0 Å². The predicted molar refractivity (Wildman–Crippen MR) is 251 cm³/mol. The molecule has 0 atom stereocenters. The molecule has 1 aliphatic heterocycles. The molecule has 0 aliphatic carbocycles. The summed E-state index contributed by atoms with van der Waals surface area (Å²) in [7, 11) is 0. The molecular weight excluding hydrogens is 795 g/mol. The van der Waals surface area contributed by atoms with Crippen molar-refractivity contribution < 1.29 is 14.6 Å². The molecule has 1 aliphatic rings. The molecule has 0 saturated carbocycles. The summed E-state index contributed by atoms with van der Waals surface area (Å²) in [6.07, 6.45) is 4.47. The Kier molecular flexibility index (Phi) is 16.0. The van der Waals surface area contributed by atoms with Crippen molar-refractivity contribution >= 4 is 5.97 Å². The summed E-state index contributed by atoms with van der Waals surface area (Å²) in [5.41, 5.74) is 15.6. The molecule has 1 saturated heterocycles. The first-order valence-electron chi connectivity index (χ1n) is 21.7. The third-order valence-electron chi connectivity index (χ3n) is 10.7. The van der Waals surface area contributed by atoms with Crippen LogP contribution in [0.1, 0.15) is 78.5 Å². The number of carboxylic acids is 1. The summed E-state index contributed by atoms with van der Waals surface area (Å²) in [6.45, 7) is 11.7. The van der Waals surface area contributed by atoms with Gasteiger partial charge < -0.3 is 15.6 Å². The minimum absolute atomic E-state index is 0.0203. The van der Waals surface area contributed by atoms with E-state index in [1.807, 2.05) is 98.2 Å². The fraction of sp³-hybridized carbons (Fsp3) is 0.259. The van der Waals surface area contributed by atoms with Gasteiger partial charge in [-0.3, -0.25) is 24.7 Å². The minimum Gasteiger partial charge on any atom is -0.494 e. The second-order valence-electron chi connectivity index (χ2n) is 15.9. The number of ether oxygens (including phenoxy) is 1. The Morgan fingerprint density at radius 1 is 0.562 bits per heavy atom. The molecule has 3 aromatic carbocycles. The molecule has 6 aromatic rings. The molecular formula is C54H53N7O3. The molecule has 0 spiro atoms. The van der Waals surface area contributed by atoms with Gasteiger partial charge in [0.25, 0.3) is 0 Å². The van der Waals surface area contributed by atoms with E-state index < -0.39 is 5.97 Å². The molecule has 0 radical (unpaired) electrons. The molecule has 0 bridgehead atoms. The smallest absolute Gasteiger partial charge is 0.354 e. The zero-order valence-corrected chi connectivity index (χ0v) is 36.6. The molecule has 10 heteroatoms. The second-order valence-corrected chi connectivity index (χ2v) is 15.9. The highest BCUT2D eigenvalue weighted by Crippen LogP contribution is 2.16. The van der Waals surface area contributed by atoms with Crippen molar-refractivity contribution in [2.75, 3.05) is 52.4 Å². The number of hydrogen-bond acceptors (Lipinski definition) is 9. The van der Waals surface area contributed by atoms with E-state index in [4.69, 9.17) is 20.4 Å². The van der Waals surface area contributed by atoms with Crippen molar-refractivity contribution in [1.29, 1.82) is 0 Å². The molecule has 322 valence electrons. The predicted octanol–water partition coefficient (Wildman–Crippen LogP) is 6.93. The zero-order chi connectivity index (χ0) is 44.5. The van der Waals surface area contributed by atoms with Crippen molar-refractivity contribution in [1.82, 2.24) is 29.7 Å². The SMILES string of the molecule is Cc1ccc(C#Cc2ccnc(CN3CCN(Cc4cc(C#Cc5ccc(OCCCN)cc5)ccn4)CCN(Cc4cc(C#Cc5ccc(C)cc5)cc(C(=O)O)n4)CC3)c2)cc1. The number of aryl methyl sites for hydroxylation is 2. The molecule has 3 N–H and O–H groups in total. The van der Waals surface area contributed by atoms with E-state index >= 15 is 0 Å². The summed E-state index contributed by atoms with van der Waals surface area (Å²) >= 11 is 0. The number of carbonyl (C=O) groups is 1. The van der Waals surface area contributed by atoms with Gasteiger partial charge in [0.15, 0.2) is 0 Å². The van der Waals surface area contributed by atoms with Crippen molar-refractivity contribution in [2.24, 2.45) is 5.73 Å². The van der Waals surface area contributed by atoms with Gasteiger partial charge in [0.1, 0.15) is 11.4 Å². The first-order chi connectivity index (χ1) is 31.2. The summed E-state index contributed by atoms with van der Waals surface area (Å²) < 4.78 is 5.74. The van der Waals surface area contributed by atoms with Crippen LogP contribution in [-0.4, -0.2) is 93.1 Å². The van der Waals surface area contributed by atoms with Gasteiger partial charge in [-0.1, -0.05) is 70.9 Å². The lowest BCUT2D eigenvalue weighted by Gasteiger charge is -2.25. The van der Waals surface area contributed by atoms with Gasteiger partial charge >= 0.3 is 5.97 Å². The Balaban J connectivity index is 1.09. The van der Waals surface area contributed by atoms with Crippen LogP contribution in [0.25, 0.3) is 0 Å². The van der Waals surface area contributed by atoms with Crippen LogP contribution in [0.15, 0.2) is 122 Å². The highest BCUT2D eigenvalue weighted by molar-refractivity contribution is 5.85. The molecule has 10 nitrogen and oxygen atoms in total. The van der Waals surface area contributed by atoms with Crippen LogP contribution in [0, 0.1) is 49.4 Å². The quantitative estimate of drug-likeness (QED) is 0.105. The summed E-state index contributed by atoms with van der Waals surface area (Å²) in [5, 5.41) is 10.0. The van der Waals surface area contributed by atoms with Gasteiger partial charge in [-0.2, -0.15) is 0 Å². The third-order valence-corrected chi connectivity index (χ3v) is 10.7. The van der Waals surface area contributed by atoms with E-state index in [-0.39, 0.29) is 5.69 Å². The second kappa shape index (κ2) is 22.8. The topological polar surface area (TPSA) is 121 Å². The number of nitrogens with zero attached hydrogens (tertiary/aromatic N) is 6. The van der Waals surface area contributed by atoms with E-state index in [0.29, 0.717) is 44.0 Å². The van der Waals surface area contributed by atoms with E-state index in [1.54, 1.807) is 6.07 Å². The Morgan fingerprint density at radius 3 is 1.42 bits per heavy atom. The van der Waals surface area contributed by atoms with Crippen molar-refractivity contribution in [3.63, 3.8) is 0 Å². The number of rotatable bonds is 11. The monoisotopic (exact) mass is 847 g/mol. The van der Waals surface area contributed by atoms with Crippen LogP contribution in [0.5, 0.6) is 5.75 Å². The Bertz CT molecular complexity index is 2700. The van der Waals surface area contributed by atoms with Gasteiger partial charge in [0.05, 0.1) is 23.7 Å². The van der Waals surface area contributed by atoms with Crippen molar-refractivity contribution in [3.05, 3.63) is 189 Å². The Labute approximate surface area is 377 Å². The van der Waals surface area contributed by atoms with Crippen LogP contribution in [0.4, 0.5) is 0 Å². The maximum Gasteiger partial charge on any atom is 0.354 e. The molecule has 7 rings (SSSR count). The highest BCUT2D eigenvalue weighted by atomic mass is 16.5. The molecule has 64 heavy (non-hydrogen) atoms. The van der Waals surface area contributed by atoms with Gasteiger partial charge in [-0.05, 0) is 112 Å². The molecule has 3 aromatic heterocycles. The Hall–Kier alpha value is -7.10. The van der Waals surface area contributed by atoms with Crippen LogP contribution in [0.3, 0.4) is 0 Å². The average Bonchev–Trinajstić information content (AvgIpc) is 3.39. The largest absolute Gasteiger partial charge is 0.494 e.